The molecule has 0 N–H and O–H groups in total. The van der Waals surface area contributed by atoms with Crippen LogP contribution in [0.1, 0.15) is 12.5 Å². The van der Waals surface area contributed by atoms with Crippen molar-refractivity contribution in [1.82, 2.24) is 0 Å². The van der Waals surface area contributed by atoms with E-state index in [0.717, 1.165) is 0 Å². The Morgan fingerprint density at radius 3 is 2.31 bits per heavy atom. The Kier molecular flexibility index (Phi) is 3.51. The minimum absolute atomic E-state index is 0.312. The highest BCUT2D eigenvalue weighted by molar-refractivity contribution is 6.69. The lowest BCUT2D eigenvalue weighted by Crippen LogP contribution is -2.37. The molecule has 0 aliphatic carbocycles. The van der Waals surface area contributed by atoms with Gasteiger partial charge in [0.15, 0.2) is 8.32 Å². The van der Waals surface area contributed by atoms with Gasteiger partial charge in [-0.3, -0.25) is 4.85 Å². The van der Waals surface area contributed by atoms with Crippen LogP contribution in [0.15, 0.2) is 24.3 Å². The summed E-state index contributed by atoms with van der Waals surface area (Å²) < 4.78 is 19.4. The van der Waals surface area contributed by atoms with E-state index in [2.05, 4.69) is 4.85 Å². The molecule has 0 aliphatic rings. The minimum atomic E-state index is -1.90. The molecule has 0 spiro atoms. The molecule has 4 heteroatoms. The Labute approximate surface area is 97.0 Å². The lowest BCUT2D eigenvalue weighted by molar-refractivity contribution is 0.125. The molecule has 1 unspecified atom stereocenters. The molecule has 86 valence electrons. The average Bonchev–Trinajstić information content (AvgIpc) is 2.15. The molecule has 0 saturated carbocycles. The molecule has 0 bridgehead atoms. The second-order valence-corrected chi connectivity index (χ2v) is 9.22. The largest absolute Gasteiger partial charge is 0.355 e. The van der Waals surface area contributed by atoms with Crippen LogP contribution in [0, 0.1) is 12.4 Å². The number of benzene rings is 1. The molecule has 1 aromatic carbocycles. The lowest BCUT2D eigenvalue weighted by Gasteiger charge is -2.26. The van der Waals surface area contributed by atoms with Gasteiger partial charge < -0.3 is 4.43 Å². The summed E-state index contributed by atoms with van der Waals surface area (Å²) in [7, 11) is -1.90. The van der Waals surface area contributed by atoms with Crippen LogP contribution in [0.25, 0.3) is 4.85 Å². The highest BCUT2D eigenvalue weighted by atomic mass is 28.4. The van der Waals surface area contributed by atoms with E-state index in [-0.39, 0.29) is 5.82 Å². The number of hydrogen-bond donors (Lipinski definition) is 0. The topological polar surface area (TPSA) is 13.6 Å². The molecular formula is C12H16FNOSi. The molecule has 0 fully saturated rings. The molecule has 2 nitrogen and oxygen atoms in total. The van der Waals surface area contributed by atoms with E-state index in [1.54, 1.807) is 25.1 Å². The van der Waals surface area contributed by atoms with Gasteiger partial charge >= 0.3 is 5.72 Å². The zero-order chi connectivity index (χ0) is 12.4. The van der Waals surface area contributed by atoms with Crippen molar-refractivity contribution in [2.45, 2.75) is 32.3 Å². The molecule has 1 rings (SSSR count). The van der Waals surface area contributed by atoms with E-state index in [4.69, 9.17) is 11.0 Å². The van der Waals surface area contributed by atoms with Crippen LogP contribution < -0.4 is 0 Å². The molecule has 0 aromatic heterocycles. The molecule has 1 atom stereocenters. The first kappa shape index (κ1) is 12.9. The van der Waals surface area contributed by atoms with Gasteiger partial charge in [-0.2, -0.15) is 0 Å². The summed E-state index contributed by atoms with van der Waals surface area (Å²) >= 11 is 0. The zero-order valence-corrected chi connectivity index (χ0v) is 11.0. The van der Waals surface area contributed by atoms with E-state index in [0.29, 0.717) is 5.56 Å². The van der Waals surface area contributed by atoms with Gasteiger partial charge in [-0.1, -0.05) is 12.1 Å². The number of rotatable bonds is 3. The molecule has 1 aromatic rings. The minimum Gasteiger partial charge on any atom is -0.347 e. The van der Waals surface area contributed by atoms with Crippen molar-refractivity contribution in [1.29, 1.82) is 0 Å². The Balaban J connectivity index is 3.17. The van der Waals surface area contributed by atoms with E-state index < -0.39 is 14.0 Å². The molecule has 0 saturated heterocycles. The maximum absolute atomic E-state index is 13.6. The van der Waals surface area contributed by atoms with Gasteiger partial charge in [-0.15, -0.1) is 0 Å². The Morgan fingerprint density at radius 2 is 1.88 bits per heavy atom. The fourth-order valence-corrected chi connectivity index (χ4v) is 2.92. The third-order valence-electron chi connectivity index (χ3n) is 2.09. The third-order valence-corrected chi connectivity index (χ3v) is 3.10. The van der Waals surface area contributed by atoms with Crippen molar-refractivity contribution in [2.75, 3.05) is 0 Å². The quantitative estimate of drug-likeness (QED) is 0.576. The Hall–Kier alpha value is -1.18. The summed E-state index contributed by atoms with van der Waals surface area (Å²) in [5.41, 5.74) is -0.900. The van der Waals surface area contributed by atoms with E-state index >= 15 is 0 Å². The van der Waals surface area contributed by atoms with Crippen molar-refractivity contribution in [2.24, 2.45) is 0 Å². The van der Waals surface area contributed by atoms with Crippen LogP contribution in [0.3, 0.4) is 0 Å². The molecule has 0 amide bonds. The number of halogens is 1. The first-order valence-electron chi connectivity index (χ1n) is 5.12. The van der Waals surface area contributed by atoms with Crippen LogP contribution >= 0.6 is 0 Å². The van der Waals surface area contributed by atoms with Crippen LogP contribution in [0.5, 0.6) is 0 Å². The van der Waals surface area contributed by atoms with Gasteiger partial charge in [-0.25, -0.2) is 11.0 Å². The summed E-state index contributed by atoms with van der Waals surface area (Å²) in [6.45, 7) is 14.8. The predicted octanol–water partition coefficient (Wildman–Crippen LogP) is 3.77. The molecule has 0 aliphatic heterocycles. The first-order valence-corrected chi connectivity index (χ1v) is 8.53. The Bertz CT molecular complexity index is 422. The van der Waals surface area contributed by atoms with Gasteiger partial charge in [0.25, 0.3) is 0 Å². The number of hydrogen-bond acceptors (Lipinski definition) is 1. The van der Waals surface area contributed by atoms with Crippen LogP contribution in [0.2, 0.25) is 19.6 Å². The molecule has 0 heterocycles. The van der Waals surface area contributed by atoms with Gasteiger partial charge in [0.2, 0.25) is 0 Å². The number of nitrogens with zero attached hydrogens (tertiary/aromatic N) is 1. The van der Waals surface area contributed by atoms with E-state index in [1.165, 1.54) is 6.07 Å². The van der Waals surface area contributed by atoms with Crippen LogP contribution in [0.4, 0.5) is 4.39 Å². The third kappa shape index (κ3) is 2.91. The highest BCUT2D eigenvalue weighted by Crippen LogP contribution is 2.32. The normalized spacial score (nSPS) is 15.2. The fourth-order valence-electron chi connectivity index (χ4n) is 1.57. The van der Waals surface area contributed by atoms with E-state index in [9.17, 15) is 4.39 Å². The van der Waals surface area contributed by atoms with Crippen LogP contribution in [-0.4, -0.2) is 8.32 Å². The lowest BCUT2D eigenvalue weighted by atomic mass is 10.1. The van der Waals surface area contributed by atoms with Crippen molar-refractivity contribution in [3.63, 3.8) is 0 Å². The van der Waals surface area contributed by atoms with Gasteiger partial charge in [0, 0.05) is 6.92 Å². The summed E-state index contributed by atoms with van der Waals surface area (Å²) in [5.74, 6) is -0.390. The standard InChI is InChI=1S/C12H16FNOSi/c1-12(14-2,15-16(3,4)5)10-8-6-7-9-11(10)13/h6-9H,1,3-5H3. The van der Waals surface area contributed by atoms with Gasteiger partial charge in [0.1, 0.15) is 11.4 Å². The molecular weight excluding hydrogens is 221 g/mol. The van der Waals surface area contributed by atoms with Crippen LogP contribution in [-0.2, 0) is 10.2 Å². The van der Waals surface area contributed by atoms with Gasteiger partial charge in [0.05, 0.1) is 0 Å². The maximum Gasteiger partial charge on any atom is 0.355 e. The second-order valence-electron chi connectivity index (χ2n) is 4.79. The van der Waals surface area contributed by atoms with Gasteiger partial charge in [-0.05, 0) is 31.8 Å². The first-order chi connectivity index (χ1) is 7.28. The Morgan fingerprint density at radius 1 is 1.31 bits per heavy atom. The van der Waals surface area contributed by atoms with Crippen molar-refractivity contribution >= 4 is 8.32 Å². The average molecular weight is 237 g/mol. The monoisotopic (exact) mass is 237 g/mol. The maximum atomic E-state index is 13.6. The fraction of sp³-hybridized carbons (Fsp3) is 0.417. The van der Waals surface area contributed by atoms with Crippen molar-refractivity contribution in [3.8, 4) is 0 Å². The second kappa shape index (κ2) is 4.36. The summed E-state index contributed by atoms with van der Waals surface area (Å²) in [5, 5.41) is 0. The highest BCUT2D eigenvalue weighted by Gasteiger charge is 2.41. The molecule has 16 heavy (non-hydrogen) atoms. The molecule has 0 radical (unpaired) electrons. The SMILES string of the molecule is [C-]#[N+]C(C)(O[Si](C)(C)C)c1ccccc1F. The predicted molar refractivity (Wildman–Crippen MR) is 64.8 cm³/mol. The van der Waals surface area contributed by atoms with Crippen molar-refractivity contribution in [3.05, 3.63) is 47.1 Å². The summed E-state index contributed by atoms with van der Waals surface area (Å²) in [4.78, 5) is 3.46. The zero-order valence-electron chi connectivity index (χ0n) is 10.0. The van der Waals surface area contributed by atoms with Crippen molar-refractivity contribution < 1.29 is 8.82 Å². The van der Waals surface area contributed by atoms with E-state index in [1.807, 2.05) is 19.6 Å². The summed E-state index contributed by atoms with van der Waals surface area (Å²) in [6, 6.07) is 6.28. The summed E-state index contributed by atoms with van der Waals surface area (Å²) in [6.07, 6.45) is 0. The smallest absolute Gasteiger partial charge is 0.347 e.